The van der Waals surface area contributed by atoms with Gasteiger partial charge in [-0.1, -0.05) is 13.8 Å². The minimum Gasteiger partial charge on any atom is -0.303 e. The Morgan fingerprint density at radius 3 is 2.41 bits per heavy atom. The minimum absolute atomic E-state index is 0.0939. The molecule has 0 spiro atoms. The highest BCUT2D eigenvalue weighted by Gasteiger charge is 2.53. The molecular formula is C15H17F2N3O2. The van der Waals surface area contributed by atoms with Crippen molar-refractivity contribution in [3.63, 3.8) is 0 Å². The van der Waals surface area contributed by atoms with Crippen LogP contribution in [0.1, 0.15) is 32.3 Å². The van der Waals surface area contributed by atoms with E-state index < -0.39 is 36.7 Å². The third kappa shape index (κ3) is 3.13. The van der Waals surface area contributed by atoms with Crippen molar-refractivity contribution in [1.82, 2.24) is 15.2 Å². The molecule has 1 N–H and O–H groups in total. The van der Waals surface area contributed by atoms with Crippen LogP contribution in [0.5, 0.6) is 0 Å². The van der Waals surface area contributed by atoms with Crippen LogP contribution in [0.3, 0.4) is 0 Å². The van der Waals surface area contributed by atoms with Crippen molar-refractivity contribution in [1.29, 1.82) is 0 Å². The number of carbonyl (C=O) groups excluding carboxylic acids is 2. The predicted octanol–water partition coefficient (Wildman–Crippen LogP) is 2.80. The maximum Gasteiger partial charge on any atom is 0.329 e. The van der Waals surface area contributed by atoms with E-state index in [2.05, 4.69) is 10.3 Å². The number of hydrogen-bond donors (Lipinski definition) is 1. The first kappa shape index (κ1) is 16.1. The maximum absolute atomic E-state index is 12.8. The van der Waals surface area contributed by atoms with Gasteiger partial charge in [-0.15, -0.1) is 0 Å². The van der Waals surface area contributed by atoms with Crippen molar-refractivity contribution in [2.45, 2.75) is 38.7 Å². The highest BCUT2D eigenvalue weighted by atomic mass is 19.3. The molecule has 1 aromatic heterocycles. The van der Waals surface area contributed by atoms with Gasteiger partial charge in [-0.25, -0.2) is 13.6 Å². The summed E-state index contributed by atoms with van der Waals surface area (Å²) in [6, 6.07) is 1.98. The average molecular weight is 309 g/mol. The molecule has 0 radical (unpaired) electrons. The molecular weight excluding hydrogens is 292 g/mol. The monoisotopic (exact) mass is 309 g/mol. The summed E-state index contributed by atoms with van der Waals surface area (Å²) in [5.74, 6) is -3.34. The Kier molecular flexibility index (Phi) is 4.54. The number of hydrogen-bond acceptors (Lipinski definition) is 3. The molecule has 0 atom stereocenters. The Hall–Kier alpha value is -2.31. The largest absolute Gasteiger partial charge is 0.329 e. The molecule has 1 aliphatic carbocycles. The zero-order chi connectivity index (χ0) is 16.3. The van der Waals surface area contributed by atoms with Gasteiger partial charge >= 0.3 is 6.03 Å². The Labute approximate surface area is 127 Å². The van der Waals surface area contributed by atoms with Gasteiger partial charge in [-0.05, 0) is 23.8 Å². The fourth-order valence-corrected chi connectivity index (χ4v) is 2.32. The molecule has 2 fully saturated rings. The average Bonchev–Trinajstić information content (AvgIpc) is 2.74. The van der Waals surface area contributed by atoms with Crippen LogP contribution in [0, 0.1) is 0 Å². The Morgan fingerprint density at radius 2 is 1.86 bits per heavy atom. The third-order valence-corrected chi connectivity index (χ3v) is 3.36. The first-order valence-corrected chi connectivity index (χ1v) is 7.10. The second-order valence-electron chi connectivity index (χ2n) is 4.86. The van der Waals surface area contributed by atoms with E-state index in [0.29, 0.717) is 5.56 Å². The van der Waals surface area contributed by atoms with Crippen LogP contribution >= 0.6 is 0 Å². The number of urea groups is 1. The van der Waals surface area contributed by atoms with E-state index in [4.69, 9.17) is 0 Å². The standard InChI is InChI=1S/C13H11F2N3O2.C2H6/c14-13(15)6-9(7-13)18-11(19)10(17-12(18)20)5-8-1-3-16-4-2-8;1-2/h1-5,9H,6-7H2,(H,17,20);1-2H3/b10-5-;. The number of pyridine rings is 1. The molecule has 1 saturated heterocycles. The molecule has 1 saturated carbocycles. The van der Waals surface area contributed by atoms with E-state index in [-0.39, 0.29) is 5.70 Å². The lowest BCUT2D eigenvalue weighted by molar-refractivity contribution is -0.140. The zero-order valence-corrected chi connectivity index (χ0v) is 12.3. The van der Waals surface area contributed by atoms with Crippen molar-refractivity contribution >= 4 is 18.0 Å². The molecule has 3 rings (SSSR count). The Balaban J connectivity index is 0.000000847. The van der Waals surface area contributed by atoms with E-state index in [1.165, 1.54) is 6.08 Å². The highest BCUT2D eigenvalue weighted by Crippen LogP contribution is 2.41. The zero-order valence-electron chi connectivity index (χ0n) is 12.3. The Morgan fingerprint density at radius 1 is 1.27 bits per heavy atom. The lowest BCUT2D eigenvalue weighted by Gasteiger charge is -2.38. The smallest absolute Gasteiger partial charge is 0.303 e. The molecule has 0 unspecified atom stereocenters. The van der Waals surface area contributed by atoms with E-state index in [1.807, 2.05) is 13.8 Å². The summed E-state index contributed by atoms with van der Waals surface area (Å²) >= 11 is 0. The molecule has 0 aromatic carbocycles. The summed E-state index contributed by atoms with van der Waals surface area (Å²) in [5.41, 5.74) is 0.792. The van der Waals surface area contributed by atoms with Gasteiger partial charge in [0.1, 0.15) is 5.70 Å². The van der Waals surface area contributed by atoms with Crippen molar-refractivity contribution < 1.29 is 18.4 Å². The normalized spacial score (nSPS) is 22.0. The summed E-state index contributed by atoms with van der Waals surface area (Å²) in [4.78, 5) is 28.5. The summed E-state index contributed by atoms with van der Waals surface area (Å²) < 4.78 is 25.7. The predicted molar refractivity (Wildman–Crippen MR) is 76.9 cm³/mol. The van der Waals surface area contributed by atoms with Gasteiger partial charge in [-0.3, -0.25) is 14.7 Å². The van der Waals surface area contributed by atoms with E-state index in [1.54, 1.807) is 24.5 Å². The van der Waals surface area contributed by atoms with Gasteiger partial charge in [0.15, 0.2) is 0 Å². The summed E-state index contributed by atoms with van der Waals surface area (Å²) in [6.45, 7) is 4.00. The quantitative estimate of drug-likeness (QED) is 0.675. The van der Waals surface area contributed by atoms with Crippen LogP contribution in [0.15, 0.2) is 30.2 Å². The number of halogens is 2. The topological polar surface area (TPSA) is 62.3 Å². The first-order valence-electron chi connectivity index (χ1n) is 7.10. The molecule has 118 valence electrons. The molecule has 7 heteroatoms. The van der Waals surface area contributed by atoms with Crippen molar-refractivity contribution in [2.24, 2.45) is 0 Å². The number of imide groups is 1. The van der Waals surface area contributed by atoms with Gasteiger partial charge in [-0.2, -0.15) is 0 Å². The number of nitrogens with zero attached hydrogens (tertiary/aromatic N) is 2. The number of nitrogens with one attached hydrogen (secondary N) is 1. The van der Waals surface area contributed by atoms with Gasteiger partial charge in [0.25, 0.3) is 11.8 Å². The van der Waals surface area contributed by atoms with Crippen LogP contribution in [0.4, 0.5) is 13.6 Å². The van der Waals surface area contributed by atoms with Crippen LogP contribution in [0.25, 0.3) is 6.08 Å². The SMILES string of the molecule is CC.O=C1N/C(=C\c2ccncc2)C(=O)N1C1CC(F)(F)C1. The fourth-order valence-electron chi connectivity index (χ4n) is 2.32. The van der Waals surface area contributed by atoms with E-state index >= 15 is 0 Å². The number of carbonyl (C=O) groups is 2. The van der Waals surface area contributed by atoms with Gasteiger partial charge in [0.2, 0.25) is 0 Å². The third-order valence-electron chi connectivity index (χ3n) is 3.36. The fraction of sp³-hybridized carbons (Fsp3) is 0.400. The maximum atomic E-state index is 12.8. The molecule has 5 nitrogen and oxygen atoms in total. The van der Waals surface area contributed by atoms with Crippen molar-refractivity contribution in [2.75, 3.05) is 0 Å². The van der Waals surface area contributed by atoms with Crippen molar-refractivity contribution in [3.8, 4) is 0 Å². The molecule has 1 aromatic rings. The molecule has 2 heterocycles. The Bertz CT molecular complexity index is 594. The summed E-state index contributed by atoms with van der Waals surface area (Å²) in [5, 5.41) is 2.41. The van der Waals surface area contributed by atoms with Crippen LogP contribution < -0.4 is 5.32 Å². The highest BCUT2D eigenvalue weighted by molar-refractivity contribution is 6.14. The van der Waals surface area contributed by atoms with Gasteiger partial charge in [0, 0.05) is 25.2 Å². The van der Waals surface area contributed by atoms with Crippen molar-refractivity contribution in [3.05, 3.63) is 35.8 Å². The second kappa shape index (κ2) is 6.21. The summed E-state index contributed by atoms with van der Waals surface area (Å²) in [7, 11) is 0. The lowest BCUT2D eigenvalue weighted by Crippen LogP contribution is -2.53. The number of amides is 3. The molecule has 0 bridgehead atoms. The first-order chi connectivity index (χ1) is 10.5. The number of aromatic nitrogens is 1. The second-order valence-corrected chi connectivity index (χ2v) is 4.86. The van der Waals surface area contributed by atoms with Crippen LogP contribution in [-0.4, -0.2) is 33.8 Å². The lowest BCUT2D eigenvalue weighted by atomic mass is 9.87. The molecule has 1 aliphatic heterocycles. The molecule has 3 amide bonds. The molecule has 2 aliphatic rings. The van der Waals surface area contributed by atoms with Gasteiger partial charge < -0.3 is 5.32 Å². The molecule has 22 heavy (non-hydrogen) atoms. The number of rotatable bonds is 2. The van der Waals surface area contributed by atoms with Gasteiger partial charge in [0.05, 0.1) is 6.04 Å². The number of alkyl halides is 2. The minimum atomic E-state index is -2.78. The van der Waals surface area contributed by atoms with E-state index in [0.717, 1.165) is 4.90 Å². The summed E-state index contributed by atoms with van der Waals surface area (Å²) in [6.07, 6.45) is 3.68. The van der Waals surface area contributed by atoms with E-state index in [9.17, 15) is 18.4 Å². The van der Waals surface area contributed by atoms with Crippen LogP contribution in [-0.2, 0) is 4.79 Å². The van der Waals surface area contributed by atoms with Crippen LogP contribution in [0.2, 0.25) is 0 Å².